The van der Waals surface area contributed by atoms with Crippen molar-refractivity contribution in [3.8, 4) is 0 Å². The van der Waals surface area contributed by atoms with E-state index in [1.165, 1.54) is 5.56 Å². The van der Waals surface area contributed by atoms with Gasteiger partial charge in [0.05, 0.1) is 6.10 Å². The molecule has 2 nitrogen and oxygen atoms in total. The topological polar surface area (TPSA) is 32.3 Å². The third-order valence-corrected chi connectivity index (χ3v) is 3.73. The Morgan fingerprint density at radius 2 is 2.00 bits per heavy atom. The number of rotatable bonds is 6. The highest BCUT2D eigenvalue weighted by Gasteiger charge is 2.11. The van der Waals surface area contributed by atoms with Crippen molar-refractivity contribution in [1.29, 1.82) is 0 Å². The zero-order valence-electron chi connectivity index (χ0n) is 10.5. The first-order chi connectivity index (χ1) is 8.75. The Bertz CT molecular complexity index is 441. The number of hydrogen-bond donors (Lipinski definition) is 2. The molecule has 0 radical (unpaired) electrons. The lowest BCUT2D eigenvalue weighted by atomic mass is 10.0. The predicted octanol–water partition coefficient (Wildman–Crippen LogP) is 3.35. The van der Waals surface area contributed by atoms with Crippen LogP contribution in [0, 0.1) is 0 Å². The molecule has 2 aromatic rings. The molecule has 2 rings (SSSR count). The fourth-order valence-corrected chi connectivity index (χ4v) is 2.58. The quantitative estimate of drug-likeness (QED) is 0.836. The highest BCUT2D eigenvalue weighted by atomic mass is 32.1. The van der Waals surface area contributed by atoms with Crippen molar-refractivity contribution in [2.24, 2.45) is 0 Å². The Labute approximate surface area is 112 Å². The van der Waals surface area contributed by atoms with Crippen LogP contribution in [0.5, 0.6) is 0 Å². The van der Waals surface area contributed by atoms with Gasteiger partial charge in [-0.1, -0.05) is 30.3 Å². The van der Waals surface area contributed by atoms with Crippen molar-refractivity contribution in [3.05, 3.63) is 58.3 Å². The van der Waals surface area contributed by atoms with Crippen LogP contribution in [0.4, 0.5) is 0 Å². The van der Waals surface area contributed by atoms with Gasteiger partial charge in [-0.05, 0) is 41.3 Å². The van der Waals surface area contributed by atoms with Gasteiger partial charge in [-0.3, -0.25) is 0 Å². The van der Waals surface area contributed by atoms with Crippen LogP contribution in [0.2, 0.25) is 0 Å². The van der Waals surface area contributed by atoms with E-state index >= 15 is 0 Å². The molecule has 0 aliphatic heterocycles. The van der Waals surface area contributed by atoms with Crippen LogP contribution in [-0.2, 0) is 6.54 Å². The molecule has 0 saturated heterocycles. The first-order valence-electron chi connectivity index (χ1n) is 6.23. The van der Waals surface area contributed by atoms with Crippen LogP contribution in [0.1, 0.15) is 30.6 Å². The van der Waals surface area contributed by atoms with E-state index in [1.54, 1.807) is 11.3 Å². The molecule has 0 aliphatic rings. The third kappa shape index (κ3) is 3.95. The van der Waals surface area contributed by atoms with Crippen molar-refractivity contribution < 1.29 is 5.11 Å². The minimum Gasteiger partial charge on any atom is -0.388 e. The van der Waals surface area contributed by atoms with E-state index in [4.69, 9.17) is 0 Å². The van der Waals surface area contributed by atoms with Crippen molar-refractivity contribution in [2.45, 2.75) is 32.0 Å². The molecule has 1 aromatic carbocycles. The summed E-state index contributed by atoms with van der Waals surface area (Å²) in [6.45, 7) is 2.98. The zero-order valence-corrected chi connectivity index (χ0v) is 11.4. The van der Waals surface area contributed by atoms with Gasteiger partial charge < -0.3 is 10.4 Å². The molecule has 0 spiro atoms. The summed E-state index contributed by atoms with van der Waals surface area (Å²) in [6.07, 6.45) is 0.338. The summed E-state index contributed by atoms with van der Waals surface area (Å²) in [5.74, 6) is 0. The van der Waals surface area contributed by atoms with Gasteiger partial charge in [0.15, 0.2) is 0 Å². The highest BCUT2D eigenvalue weighted by Crippen LogP contribution is 2.18. The number of aliphatic hydroxyl groups excluding tert-OH is 1. The maximum atomic E-state index is 10.1. The van der Waals surface area contributed by atoms with Crippen LogP contribution >= 0.6 is 11.3 Å². The highest BCUT2D eigenvalue weighted by molar-refractivity contribution is 7.07. The summed E-state index contributed by atoms with van der Waals surface area (Å²) in [7, 11) is 0. The van der Waals surface area contributed by atoms with E-state index in [2.05, 4.69) is 29.1 Å². The molecular formula is C15H19NOS. The Morgan fingerprint density at radius 3 is 2.67 bits per heavy atom. The zero-order chi connectivity index (χ0) is 12.8. The third-order valence-electron chi connectivity index (χ3n) is 3.00. The van der Waals surface area contributed by atoms with Crippen molar-refractivity contribution in [1.82, 2.24) is 5.32 Å². The van der Waals surface area contributed by atoms with E-state index in [0.717, 1.165) is 18.5 Å². The van der Waals surface area contributed by atoms with Gasteiger partial charge in [-0.2, -0.15) is 11.3 Å². The van der Waals surface area contributed by atoms with Crippen molar-refractivity contribution in [3.63, 3.8) is 0 Å². The molecule has 18 heavy (non-hydrogen) atoms. The van der Waals surface area contributed by atoms with Gasteiger partial charge in [0, 0.05) is 12.6 Å². The molecule has 0 saturated carbocycles. The van der Waals surface area contributed by atoms with Crippen molar-refractivity contribution in [2.75, 3.05) is 0 Å². The molecule has 0 unspecified atom stereocenters. The van der Waals surface area contributed by atoms with Crippen molar-refractivity contribution >= 4 is 11.3 Å². The van der Waals surface area contributed by atoms with Gasteiger partial charge >= 0.3 is 0 Å². The largest absolute Gasteiger partial charge is 0.388 e. The van der Waals surface area contributed by atoms with E-state index < -0.39 is 6.10 Å². The standard InChI is InChI=1S/C15H19NOS/c1-12(16-10-13-7-8-18-11-13)9-15(17)14-5-3-2-4-6-14/h2-8,11-12,15-17H,9-10H2,1H3/t12-,15-/m1/s1. The Kier molecular flexibility index (Phi) is 4.93. The van der Waals surface area contributed by atoms with Crippen LogP contribution in [0.25, 0.3) is 0 Å². The second-order valence-electron chi connectivity index (χ2n) is 4.58. The lowest BCUT2D eigenvalue weighted by Crippen LogP contribution is -2.27. The molecule has 3 heteroatoms. The number of nitrogens with one attached hydrogen (secondary N) is 1. The van der Waals surface area contributed by atoms with Crippen LogP contribution in [-0.4, -0.2) is 11.1 Å². The molecule has 1 aromatic heterocycles. The number of benzene rings is 1. The van der Waals surface area contributed by atoms with Gasteiger partial charge in [0.25, 0.3) is 0 Å². The maximum absolute atomic E-state index is 10.1. The smallest absolute Gasteiger partial charge is 0.0804 e. The van der Waals surface area contributed by atoms with Gasteiger partial charge in [0.2, 0.25) is 0 Å². The van der Waals surface area contributed by atoms with Gasteiger partial charge in [-0.25, -0.2) is 0 Å². The maximum Gasteiger partial charge on any atom is 0.0804 e. The van der Waals surface area contributed by atoms with E-state index in [1.807, 2.05) is 30.3 Å². The minimum atomic E-state index is -0.392. The average Bonchev–Trinajstić information content (AvgIpc) is 2.90. The first kappa shape index (κ1) is 13.3. The number of hydrogen-bond acceptors (Lipinski definition) is 3. The van der Waals surface area contributed by atoms with Gasteiger partial charge in [-0.15, -0.1) is 0 Å². The molecule has 0 fully saturated rings. The second kappa shape index (κ2) is 6.69. The van der Waals surface area contributed by atoms with Crippen LogP contribution < -0.4 is 5.32 Å². The van der Waals surface area contributed by atoms with Gasteiger partial charge in [0.1, 0.15) is 0 Å². The molecule has 0 bridgehead atoms. The fourth-order valence-electron chi connectivity index (χ4n) is 1.91. The molecule has 0 amide bonds. The molecule has 96 valence electrons. The molecular weight excluding hydrogens is 242 g/mol. The summed E-state index contributed by atoms with van der Waals surface area (Å²) < 4.78 is 0. The first-order valence-corrected chi connectivity index (χ1v) is 7.17. The van der Waals surface area contributed by atoms with E-state index in [0.29, 0.717) is 6.04 Å². The normalized spacial score (nSPS) is 14.3. The summed E-state index contributed by atoms with van der Waals surface area (Å²) >= 11 is 1.71. The summed E-state index contributed by atoms with van der Waals surface area (Å²) in [6, 6.07) is 12.2. The lowest BCUT2D eigenvalue weighted by molar-refractivity contribution is 0.154. The monoisotopic (exact) mass is 261 g/mol. The molecule has 1 heterocycles. The second-order valence-corrected chi connectivity index (χ2v) is 5.36. The predicted molar refractivity (Wildman–Crippen MR) is 76.6 cm³/mol. The van der Waals surface area contributed by atoms with Crippen LogP contribution in [0.3, 0.4) is 0 Å². The van der Waals surface area contributed by atoms with E-state index in [9.17, 15) is 5.11 Å². The lowest BCUT2D eigenvalue weighted by Gasteiger charge is -2.18. The summed E-state index contributed by atoms with van der Waals surface area (Å²) in [4.78, 5) is 0. The molecule has 2 atom stereocenters. The Morgan fingerprint density at radius 1 is 1.22 bits per heavy atom. The molecule has 0 aliphatic carbocycles. The fraction of sp³-hybridized carbons (Fsp3) is 0.333. The van der Waals surface area contributed by atoms with Crippen LogP contribution in [0.15, 0.2) is 47.2 Å². The Balaban J connectivity index is 1.78. The minimum absolute atomic E-state index is 0.292. The summed E-state index contributed by atoms with van der Waals surface area (Å²) in [5.41, 5.74) is 2.29. The number of aliphatic hydroxyl groups is 1. The molecule has 2 N–H and O–H groups in total. The SMILES string of the molecule is C[C@H](C[C@@H](O)c1ccccc1)NCc1ccsc1. The summed E-state index contributed by atoms with van der Waals surface area (Å²) in [5, 5.41) is 17.8. The Hall–Kier alpha value is -1.16. The van der Waals surface area contributed by atoms with E-state index in [-0.39, 0.29) is 0 Å². The number of thiophene rings is 1. The average molecular weight is 261 g/mol.